The number of benzene rings is 1. The first-order valence-electron chi connectivity index (χ1n) is 8.67. The van der Waals surface area contributed by atoms with E-state index < -0.39 is 6.10 Å². The molecule has 0 spiro atoms. The summed E-state index contributed by atoms with van der Waals surface area (Å²) in [6, 6.07) is 9.84. The lowest BCUT2D eigenvalue weighted by Crippen LogP contribution is -2.27. The Morgan fingerprint density at radius 1 is 1.20 bits per heavy atom. The predicted molar refractivity (Wildman–Crippen MR) is 97.1 cm³/mol. The van der Waals surface area contributed by atoms with Crippen molar-refractivity contribution in [2.45, 2.75) is 32.2 Å². The molecule has 2 N–H and O–H groups in total. The monoisotopic (exact) mass is 337 g/mol. The van der Waals surface area contributed by atoms with Gasteiger partial charge in [0.1, 0.15) is 0 Å². The van der Waals surface area contributed by atoms with Crippen LogP contribution in [0.1, 0.15) is 28.5 Å². The van der Waals surface area contributed by atoms with Gasteiger partial charge in [0.25, 0.3) is 0 Å². The van der Waals surface area contributed by atoms with Gasteiger partial charge in [-0.3, -0.25) is 4.98 Å². The smallest absolute Gasteiger partial charge is 0.0970 e. The zero-order valence-electron chi connectivity index (χ0n) is 14.4. The standard InChI is InChI=1S/C20H23N3O2/c1-22-9-6-19-17(11-22)16-10-14(13-24)2-3-18(16)23(19)12-20(25)15-4-7-21-8-5-15/h2-5,7-8,10,20,24-25H,6,9,11-13H2,1H3. The van der Waals surface area contributed by atoms with Crippen LogP contribution >= 0.6 is 0 Å². The zero-order chi connectivity index (χ0) is 17.4. The summed E-state index contributed by atoms with van der Waals surface area (Å²) in [5.41, 5.74) is 5.56. The molecule has 1 aliphatic heterocycles. The Morgan fingerprint density at radius 3 is 2.76 bits per heavy atom. The van der Waals surface area contributed by atoms with Gasteiger partial charge in [-0.05, 0) is 48.0 Å². The van der Waals surface area contributed by atoms with E-state index in [0.717, 1.165) is 36.2 Å². The lowest BCUT2D eigenvalue weighted by atomic mass is 10.0. The van der Waals surface area contributed by atoms with Gasteiger partial charge in [0.2, 0.25) is 0 Å². The second-order valence-corrected chi connectivity index (χ2v) is 6.83. The number of hydrogen-bond acceptors (Lipinski definition) is 4. The molecule has 0 fully saturated rings. The summed E-state index contributed by atoms with van der Waals surface area (Å²) < 4.78 is 2.25. The molecule has 5 nitrogen and oxygen atoms in total. The van der Waals surface area contributed by atoms with Crippen LogP contribution in [0.5, 0.6) is 0 Å². The lowest BCUT2D eigenvalue weighted by molar-refractivity contribution is 0.156. The van der Waals surface area contributed by atoms with Crippen LogP contribution in [-0.4, -0.2) is 38.3 Å². The third-order valence-electron chi connectivity index (χ3n) is 5.14. The van der Waals surface area contributed by atoms with E-state index in [0.29, 0.717) is 6.54 Å². The minimum Gasteiger partial charge on any atom is -0.392 e. The van der Waals surface area contributed by atoms with Crippen LogP contribution < -0.4 is 0 Å². The van der Waals surface area contributed by atoms with Crippen molar-refractivity contribution in [2.75, 3.05) is 13.6 Å². The molecule has 3 aromatic rings. The Labute approximate surface area is 147 Å². The van der Waals surface area contributed by atoms with Gasteiger partial charge in [-0.15, -0.1) is 0 Å². The summed E-state index contributed by atoms with van der Waals surface area (Å²) in [6.45, 7) is 2.49. The van der Waals surface area contributed by atoms with Gasteiger partial charge in [-0.1, -0.05) is 6.07 Å². The minimum atomic E-state index is -0.570. The Morgan fingerprint density at radius 2 is 2.00 bits per heavy atom. The first-order valence-corrected chi connectivity index (χ1v) is 8.67. The van der Waals surface area contributed by atoms with Crippen molar-refractivity contribution in [3.63, 3.8) is 0 Å². The number of nitrogens with zero attached hydrogens (tertiary/aromatic N) is 3. The Kier molecular flexibility index (Phi) is 4.29. The van der Waals surface area contributed by atoms with Gasteiger partial charge >= 0.3 is 0 Å². The molecule has 0 amide bonds. The first-order chi connectivity index (χ1) is 12.2. The molecule has 3 heterocycles. The van der Waals surface area contributed by atoms with Crippen LogP contribution in [0.3, 0.4) is 0 Å². The van der Waals surface area contributed by atoms with E-state index in [4.69, 9.17) is 0 Å². The van der Waals surface area contributed by atoms with Crippen molar-refractivity contribution in [1.29, 1.82) is 0 Å². The molecule has 0 radical (unpaired) electrons. The van der Waals surface area contributed by atoms with Gasteiger partial charge in [-0.2, -0.15) is 0 Å². The van der Waals surface area contributed by atoms with Crippen LogP contribution in [0, 0.1) is 0 Å². The Balaban J connectivity index is 1.80. The van der Waals surface area contributed by atoms with E-state index in [-0.39, 0.29) is 6.61 Å². The molecule has 0 bridgehead atoms. The van der Waals surface area contributed by atoms with Crippen LogP contribution in [0.2, 0.25) is 0 Å². The van der Waals surface area contributed by atoms with Gasteiger partial charge < -0.3 is 19.7 Å². The Bertz CT molecular complexity index is 889. The summed E-state index contributed by atoms with van der Waals surface area (Å²) in [5.74, 6) is 0. The van der Waals surface area contributed by atoms with Crippen molar-refractivity contribution >= 4 is 10.9 Å². The molecule has 130 valence electrons. The zero-order valence-corrected chi connectivity index (χ0v) is 14.4. The summed E-state index contributed by atoms with van der Waals surface area (Å²) in [7, 11) is 2.13. The summed E-state index contributed by atoms with van der Waals surface area (Å²) in [5, 5.41) is 21.4. The average molecular weight is 337 g/mol. The summed E-state index contributed by atoms with van der Waals surface area (Å²) in [6.07, 6.45) is 3.83. The summed E-state index contributed by atoms with van der Waals surface area (Å²) >= 11 is 0. The highest BCUT2D eigenvalue weighted by atomic mass is 16.3. The number of aliphatic hydroxyl groups is 2. The van der Waals surface area contributed by atoms with Crippen LogP contribution in [0.25, 0.3) is 10.9 Å². The van der Waals surface area contributed by atoms with E-state index in [1.54, 1.807) is 12.4 Å². The molecule has 1 aromatic carbocycles. The molecule has 1 aliphatic rings. The quantitative estimate of drug-likeness (QED) is 0.767. The van der Waals surface area contributed by atoms with Crippen LogP contribution in [0.15, 0.2) is 42.7 Å². The molecule has 0 aliphatic carbocycles. The normalized spacial score (nSPS) is 16.1. The summed E-state index contributed by atoms with van der Waals surface area (Å²) in [4.78, 5) is 6.34. The molecular formula is C20H23N3O2. The molecule has 1 unspecified atom stereocenters. The predicted octanol–water partition coefficient (Wildman–Crippen LogP) is 2.25. The largest absolute Gasteiger partial charge is 0.392 e. The van der Waals surface area contributed by atoms with E-state index >= 15 is 0 Å². The van der Waals surface area contributed by atoms with E-state index in [1.165, 1.54) is 16.6 Å². The van der Waals surface area contributed by atoms with Gasteiger partial charge in [0.15, 0.2) is 0 Å². The highest BCUT2D eigenvalue weighted by Gasteiger charge is 2.24. The van der Waals surface area contributed by atoms with Crippen molar-refractivity contribution < 1.29 is 10.2 Å². The maximum absolute atomic E-state index is 10.7. The number of pyridine rings is 1. The fraction of sp³-hybridized carbons (Fsp3) is 0.350. The third kappa shape index (κ3) is 2.95. The molecule has 0 saturated heterocycles. The topological polar surface area (TPSA) is 61.5 Å². The lowest BCUT2D eigenvalue weighted by Gasteiger charge is -2.25. The fourth-order valence-electron chi connectivity index (χ4n) is 3.80. The molecule has 2 aromatic heterocycles. The number of likely N-dealkylation sites (N-methyl/N-ethyl adjacent to an activating group) is 1. The molecule has 4 rings (SSSR count). The van der Waals surface area contributed by atoms with Gasteiger partial charge in [-0.25, -0.2) is 0 Å². The van der Waals surface area contributed by atoms with Crippen molar-refractivity contribution in [2.24, 2.45) is 0 Å². The SMILES string of the molecule is CN1CCc2c(c3cc(CO)ccc3n2CC(O)c2ccncc2)C1. The van der Waals surface area contributed by atoms with E-state index in [9.17, 15) is 10.2 Å². The number of rotatable bonds is 4. The fourth-order valence-corrected chi connectivity index (χ4v) is 3.80. The number of aliphatic hydroxyl groups excluding tert-OH is 2. The van der Waals surface area contributed by atoms with Gasteiger partial charge in [0.05, 0.1) is 19.3 Å². The number of hydrogen-bond donors (Lipinski definition) is 2. The molecular weight excluding hydrogens is 314 g/mol. The molecule has 5 heteroatoms. The van der Waals surface area contributed by atoms with Crippen molar-refractivity contribution in [3.05, 3.63) is 65.1 Å². The first kappa shape index (κ1) is 16.3. The minimum absolute atomic E-state index is 0.0470. The van der Waals surface area contributed by atoms with Crippen LogP contribution in [-0.2, 0) is 26.1 Å². The maximum Gasteiger partial charge on any atom is 0.0970 e. The Hall–Kier alpha value is -2.21. The highest BCUT2D eigenvalue weighted by Crippen LogP contribution is 2.32. The van der Waals surface area contributed by atoms with Crippen molar-refractivity contribution in [3.8, 4) is 0 Å². The van der Waals surface area contributed by atoms with Crippen LogP contribution in [0.4, 0.5) is 0 Å². The molecule has 0 saturated carbocycles. The van der Waals surface area contributed by atoms with Crippen molar-refractivity contribution in [1.82, 2.24) is 14.5 Å². The highest BCUT2D eigenvalue weighted by molar-refractivity contribution is 5.86. The molecule has 1 atom stereocenters. The second kappa shape index (κ2) is 6.59. The number of fused-ring (bicyclic) bond motifs is 3. The van der Waals surface area contributed by atoms with Gasteiger partial charge in [0, 0.05) is 48.5 Å². The third-order valence-corrected chi connectivity index (χ3v) is 5.14. The number of aromatic nitrogens is 2. The average Bonchev–Trinajstić information content (AvgIpc) is 2.95. The maximum atomic E-state index is 10.7. The second-order valence-electron chi connectivity index (χ2n) is 6.83. The van der Waals surface area contributed by atoms with E-state index in [2.05, 4.69) is 33.6 Å². The molecule has 25 heavy (non-hydrogen) atoms. The van der Waals surface area contributed by atoms with E-state index in [1.807, 2.05) is 18.2 Å².